The Morgan fingerprint density at radius 3 is 2.31 bits per heavy atom. The van der Waals surface area contributed by atoms with Crippen molar-refractivity contribution in [2.75, 3.05) is 0 Å². The fraction of sp³-hybridized carbons (Fsp3) is 0.421. The van der Waals surface area contributed by atoms with Crippen molar-refractivity contribution < 1.29 is 19.8 Å². The maximum atomic E-state index is 11.6. The highest BCUT2D eigenvalue weighted by Gasteiger charge is 2.27. The lowest BCUT2D eigenvalue weighted by atomic mass is 10.0. The molecule has 2 rings (SSSR count). The number of carboxylic acids is 2. The normalized spacial score (nSPS) is 13.5. The van der Waals surface area contributed by atoms with Gasteiger partial charge in [0.1, 0.15) is 12.1 Å². The molecule has 0 saturated heterocycles. The predicted octanol–water partition coefficient (Wildman–Crippen LogP) is 2.02. The SMILES string of the molecule is CC(C)CC(NC(Cc1ccn(Cc2ccccc2)n1)C(=O)O)C(=O)O. The summed E-state index contributed by atoms with van der Waals surface area (Å²) in [5.41, 5.74) is 1.70. The van der Waals surface area contributed by atoms with Gasteiger partial charge in [0.2, 0.25) is 0 Å². The maximum Gasteiger partial charge on any atom is 0.321 e. The van der Waals surface area contributed by atoms with Crippen LogP contribution in [-0.2, 0) is 22.6 Å². The van der Waals surface area contributed by atoms with Crippen LogP contribution in [0.4, 0.5) is 0 Å². The molecule has 2 atom stereocenters. The number of nitrogens with one attached hydrogen (secondary N) is 1. The van der Waals surface area contributed by atoms with Crippen LogP contribution in [0.25, 0.3) is 0 Å². The predicted molar refractivity (Wildman–Crippen MR) is 96.9 cm³/mol. The summed E-state index contributed by atoms with van der Waals surface area (Å²) in [6.07, 6.45) is 2.28. The fourth-order valence-electron chi connectivity index (χ4n) is 2.75. The lowest BCUT2D eigenvalue weighted by molar-refractivity contribution is -0.142. The topological polar surface area (TPSA) is 104 Å². The van der Waals surface area contributed by atoms with Gasteiger partial charge in [-0.2, -0.15) is 5.10 Å². The molecule has 140 valence electrons. The van der Waals surface area contributed by atoms with Crippen molar-refractivity contribution in [1.82, 2.24) is 15.1 Å². The molecular formula is C19H25N3O4. The van der Waals surface area contributed by atoms with Crippen LogP contribution in [0.5, 0.6) is 0 Å². The number of benzene rings is 1. The molecule has 0 amide bonds. The summed E-state index contributed by atoms with van der Waals surface area (Å²) in [6.45, 7) is 4.40. The number of hydrogen-bond acceptors (Lipinski definition) is 4. The third-order valence-corrected chi connectivity index (χ3v) is 4.00. The molecule has 7 nitrogen and oxygen atoms in total. The van der Waals surface area contributed by atoms with Crippen molar-refractivity contribution in [1.29, 1.82) is 0 Å². The van der Waals surface area contributed by atoms with Crippen LogP contribution in [0.2, 0.25) is 0 Å². The van der Waals surface area contributed by atoms with Crippen molar-refractivity contribution in [3.63, 3.8) is 0 Å². The van der Waals surface area contributed by atoms with Crippen molar-refractivity contribution in [2.24, 2.45) is 5.92 Å². The molecule has 0 spiro atoms. The molecule has 0 aliphatic carbocycles. The summed E-state index contributed by atoms with van der Waals surface area (Å²) in [7, 11) is 0. The molecular weight excluding hydrogens is 334 g/mol. The Morgan fingerprint density at radius 2 is 1.73 bits per heavy atom. The second-order valence-corrected chi connectivity index (χ2v) is 6.77. The molecule has 1 aromatic heterocycles. The van der Waals surface area contributed by atoms with E-state index in [9.17, 15) is 19.8 Å². The summed E-state index contributed by atoms with van der Waals surface area (Å²) >= 11 is 0. The van der Waals surface area contributed by atoms with Gasteiger partial charge < -0.3 is 10.2 Å². The summed E-state index contributed by atoms with van der Waals surface area (Å²) in [5.74, 6) is -1.99. The Kier molecular flexibility index (Phi) is 6.91. The number of hydrogen-bond donors (Lipinski definition) is 3. The van der Waals surface area contributed by atoms with E-state index in [2.05, 4.69) is 10.4 Å². The highest BCUT2D eigenvalue weighted by Crippen LogP contribution is 2.09. The van der Waals surface area contributed by atoms with Crippen molar-refractivity contribution in [3.05, 3.63) is 53.9 Å². The Morgan fingerprint density at radius 1 is 1.08 bits per heavy atom. The van der Waals surface area contributed by atoms with Crippen molar-refractivity contribution in [3.8, 4) is 0 Å². The summed E-state index contributed by atoms with van der Waals surface area (Å²) in [4.78, 5) is 22.9. The number of aromatic nitrogens is 2. The van der Waals surface area contributed by atoms with Crippen LogP contribution >= 0.6 is 0 Å². The van der Waals surface area contributed by atoms with Gasteiger partial charge in [-0.15, -0.1) is 0 Å². The average molecular weight is 359 g/mol. The quantitative estimate of drug-likeness (QED) is 0.599. The molecule has 0 fully saturated rings. The molecule has 0 saturated carbocycles. The number of carbonyl (C=O) groups is 2. The first-order chi connectivity index (χ1) is 12.3. The van der Waals surface area contributed by atoms with Crippen LogP contribution < -0.4 is 5.32 Å². The first-order valence-corrected chi connectivity index (χ1v) is 8.63. The van der Waals surface area contributed by atoms with E-state index < -0.39 is 24.0 Å². The molecule has 1 aromatic carbocycles. The third-order valence-electron chi connectivity index (χ3n) is 4.00. The smallest absolute Gasteiger partial charge is 0.321 e. The molecule has 3 N–H and O–H groups in total. The lowest BCUT2D eigenvalue weighted by Gasteiger charge is -2.21. The molecule has 1 heterocycles. The number of nitrogens with zero attached hydrogens (tertiary/aromatic N) is 2. The zero-order valence-corrected chi connectivity index (χ0v) is 15.0. The molecule has 7 heteroatoms. The van der Waals surface area contributed by atoms with Gasteiger partial charge in [-0.1, -0.05) is 44.2 Å². The standard InChI is InChI=1S/C19H25N3O4/c1-13(2)10-16(18(23)24)20-17(19(25)26)11-15-8-9-22(21-15)12-14-6-4-3-5-7-14/h3-9,13,16-17,20H,10-12H2,1-2H3,(H,23,24)(H,25,26). The number of rotatable bonds is 10. The van der Waals surface area contributed by atoms with E-state index in [0.717, 1.165) is 5.56 Å². The van der Waals surface area contributed by atoms with E-state index >= 15 is 0 Å². The summed E-state index contributed by atoms with van der Waals surface area (Å²) < 4.78 is 1.74. The van der Waals surface area contributed by atoms with Gasteiger partial charge in [-0.3, -0.25) is 19.6 Å². The second kappa shape index (κ2) is 9.15. The highest BCUT2D eigenvalue weighted by molar-refractivity contribution is 5.77. The van der Waals surface area contributed by atoms with Crippen LogP contribution in [-0.4, -0.2) is 44.0 Å². The summed E-state index contributed by atoms with van der Waals surface area (Å²) in [6, 6.07) is 9.68. The van der Waals surface area contributed by atoms with E-state index in [1.165, 1.54) is 0 Å². The van der Waals surface area contributed by atoms with E-state index in [1.54, 1.807) is 16.9 Å². The summed E-state index contributed by atoms with van der Waals surface area (Å²) in [5, 5.41) is 25.9. The van der Waals surface area contributed by atoms with Gasteiger partial charge in [0, 0.05) is 12.6 Å². The number of carboxylic acid groups (broad SMARTS) is 2. The molecule has 0 radical (unpaired) electrons. The Labute approximate surface area is 152 Å². The first kappa shape index (κ1) is 19.7. The van der Waals surface area contributed by atoms with Gasteiger partial charge in [-0.25, -0.2) is 0 Å². The van der Waals surface area contributed by atoms with Crippen LogP contribution in [0.3, 0.4) is 0 Å². The minimum atomic E-state index is -1.09. The van der Waals surface area contributed by atoms with Crippen LogP contribution in [0.15, 0.2) is 42.6 Å². The Hall–Kier alpha value is -2.67. The Balaban J connectivity index is 2.03. The monoisotopic (exact) mass is 359 g/mol. The molecule has 2 unspecified atom stereocenters. The van der Waals surface area contributed by atoms with Crippen molar-refractivity contribution >= 4 is 11.9 Å². The maximum absolute atomic E-state index is 11.6. The highest BCUT2D eigenvalue weighted by atomic mass is 16.4. The molecule has 26 heavy (non-hydrogen) atoms. The second-order valence-electron chi connectivity index (χ2n) is 6.77. The minimum absolute atomic E-state index is 0.124. The largest absolute Gasteiger partial charge is 0.480 e. The van der Waals surface area contributed by atoms with Gasteiger partial charge in [0.25, 0.3) is 0 Å². The van der Waals surface area contributed by atoms with E-state index in [0.29, 0.717) is 18.7 Å². The van der Waals surface area contributed by atoms with Gasteiger partial charge in [0.15, 0.2) is 0 Å². The van der Waals surface area contributed by atoms with Crippen molar-refractivity contribution in [2.45, 2.75) is 45.3 Å². The van der Waals surface area contributed by atoms with Crippen LogP contribution in [0.1, 0.15) is 31.5 Å². The minimum Gasteiger partial charge on any atom is -0.480 e. The lowest BCUT2D eigenvalue weighted by Crippen LogP contribution is -2.48. The Bertz CT molecular complexity index is 727. The molecule has 0 aliphatic heterocycles. The fourth-order valence-corrected chi connectivity index (χ4v) is 2.75. The first-order valence-electron chi connectivity index (χ1n) is 8.63. The molecule has 0 bridgehead atoms. The van der Waals surface area contributed by atoms with E-state index in [-0.39, 0.29) is 12.3 Å². The van der Waals surface area contributed by atoms with Crippen LogP contribution in [0, 0.1) is 5.92 Å². The van der Waals surface area contributed by atoms with E-state index in [4.69, 9.17) is 0 Å². The van der Waals surface area contributed by atoms with Gasteiger partial charge in [-0.05, 0) is 24.0 Å². The molecule has 2 aromatic rings. The van der Waals surface area contributed by atoms with E-state index in [1.807, 2.05) is 44.2 Å². The molecule has 0 aliphatic rings. The van der Waals surface area contributed by atoms with Gasteiger partial charge >= 0.3 is 11.9 Å². The zero-order chi connectivity index (χ0) is 19.1. The number of aliphatic carboxylic acids is 2. The zero-order valence-electron chi connectivity index (χ0n) is 15.0. The van der Waals surface area contributed by atoms with Gasteiger partial charge in [0.05, 0.1) is 12.2 Å². The third kappa shape index (κ3) is 6.00. The average Bonchev–Trinajstić information content (AvgIpc) is 3.00.